The van der Waals surface area contributed by atoms with E-state index in [9.17, 15) is 0 Å². The van der Waals surface area contributed by atoms with E-state index in [1.165, 1.54) is 0 Å². The number of aromatic nitrogens is 4. The Morgan fingerprint density at radius 1 is 1.50 bits per heavy atom. The van der Waals surface area contributed by atoms with Gasteiger partial charge >= 0.3 is 0 Å². The molecule has 2 heterocycles. The van der Waals surface area contributed by atoms with Crippen molar-refractivity contribution >= 4 is 11.8 Å². The Kier molecular flexibility index (Phi) is 2.69. The van der Waals surface area contributed by atoms with Crippen molar-refractivity contribution in [3.63, 3.8) is 0 Å². The number of rotatable bonds is 4. The van der Waals surface area contributed by atoms with Gasteiger partial charge in [-0.3, -0.25) is 4.68 Å². The number of nitrogens with zero attached hydrogens (tertiary/aromatic N) is 4. The average Bonchev–Trinajstić information content (AvgIpc) is 2.82. The summed E-state index contributed by atoms with van der Waals surface area (Å²) < 4.78 is 7.31. The molecule has 2 aromatic rings. The van der Waals surface area contributed by atoms with E-state index in [0.717, 1.165) is 24.2 Å². The number of hydrogen-bond acceptors (Lipinski definition) is 5. The standard InChI is InChI=1S/C12H16N4OS/c1-8(9-6-13-16(2)7-9)10-14-11(15-17-10)12(18-3)4-5-12/h6-8H,4-5H2,1-3H3. The Morgan fingerprint density at radius 2 is 2.28 bits per heavy atom. The minimum Gasteiger partial charge on any atom is -0.339 e. The Hall–Kier alpha value is -1.30. The third-order valence-electron chi connectivity index (χ3n) is 3.54. The molecule has 6 heteroatoms. The van der Waals surface area contributed by atoms with Gasteiger partial charge in [0.25, 0.3) is 0 Å². The van der Waals surface area contributed by atoms with Gasteiger partial charge in [-0.2, -0.15) is 21.8 Å². The highest BCUT2D eigenvalue weighted by Gasteiger charge is 2.48. The lowest BCUT2D eigenvalue weighted by Crippen LogP contribution is -2.03. The summed E-state index contributed by atoms with van der Waals surface area (Å²) >= 11 is 1.81. The summed E-state index contributed by atoms with van der Waals surface area (Å²) in [5, 5.41) is 8.31. The van der Waals surface area contributed by atoms with Crippen molar-refractivity contribution in [3.05, 3.63) is 29.7 Å². The molecule has 18 heavy (non-hydrogen) atoms. The van der Waals surface area contributed by atoms with Crippen LogP contribution in [0.15, 0.2) is 16.9 Å². The zero-order chi connectivity index (χ0) is 12.8. The molecule has 0 radical (unpaired) electrons. The second-order valence-corrected chi connectivity index (χ2v) is 6.01. The fourth-order valence-corrected chi connectivity index (χ4v) is 2.81. The summed E-state index contributed by atoms with van der Waals surface area (Å²) in [5.74, 6) is 1.62. The first-order chi connectivity index (χ1) is 8.64. The number of hydrogen-bond donors (Lipinski definition) is 0. The normalized spacial score (nSPS) is 18.8. The highest BCUT2D eigenvalue weighted by Crippen LogP contribution is 2.54. The zero-order valence-corrected chi connectivity index (χ0v) is 11.6. The predicted octanol–water partition coefficient (Wildman–Crippen LogP) is 2.31. The van der Waals surface area contributed by atoms with E-state index in [1.54, 1.807) is 4.68 Å². The topological polar surface area (TPSA) is 56.7 Å². The van der Waals surface area contributed by atoms with Crippen molar-refractivity contribution in [2.24, 2.45) is 7.05 Å². The predicted molar refractivity (Wildman–Crippen MR) is 69.5 cm³/mol. The van der Waals surface area contributed by atoms with Gasteiger partial charge < -0.3 is 4.52 Å². The molecule has 1 aliphatic rings. The van der Waals surface area contributed by atoms with E-state index < -0.39 is 0 Å². The van der Waals surface area contributed by atoms with Crippen LogP contribution >= 0.6 is 11.8 Å². The molecule has 1 unspecified atom stereocenters. The maximum atomic E-state index is 5.41. The SMILES string of the molecule is CSC1(c2noc(C(C)c3cnn(C)c3)n2)CC1. The highest BCUT2D eigenvalue weighted by molar-refractivity contribution is 7.99. The van der Waals surface area contributed by atoms with Crippen LogP contribution in [0.5, 0.6) is 0 Å². The molecule has 0 N–H and O–H groups in total. The maximum absolute atomic E-state index is 5.41. The van der Waals surface area contributed by atoms with Crippen molar-refractivity contribution in [1.82, 2.24) is 19.9 Å². The summed E-state index contributed by atoms with van der Waals surface area (Å²) in [4.78, 5) is 4.57. The fourth-order valence-electron chi connectivity index (χ4n) is 2.04. The Morgan fingerprint density at radius 3 is 2.83 bits per heavy atom. The van der Waals surface area contributed by atoms with Gasteiger partial charge in [0.1, 0.15) is 0 Å². The minimum absolute atomic E-state index is 0.0950. The first-order valence-electron chi connectivity index (χ1n) is 6.02. The molecule has 0 bridgehead atoms. The monoisotopic (exact) mass is 264 g/mol. The molecular formula is C12H16N4OS. The molecule has 5 nitrogen and oxygen atoms in total. The third-order valence-corrected chi connectivity index (χ3v) is 4.91. The van der Waals surface area contributed by atoms with Crippen LogP contribution in [0.25, 0.3) is 0 Å². The maximum Gasteiger partial charge on any atom is 0.234 e. The van der Waals surface area contributed by atoms with Crippen molar-refractivity contribution in [3.8, 4) is 0 Å². The summed E-state index contributed by atoms with van der Waals surface area (Å²) in [5.41, 5.74) is 1.10. The third kappa shape index (κ3) is 1.84. The molecule has 1 saturated carbocycles. The van der Waals surface area contributed by atoms with Crippen LogP contribution in [0.4, 0.5) is 0 Å². The Bertz CT molecular complexity index is 558. The van der Waals surface area contributed by atoms with Gasteiger partial charge in [-0.1, -0.05) is 5.16 Å². The molecule has 96 valence electrons. The van der Waals surface area contributed by atoms with Gasteiger partial charge in [-0.05, 0) is 26.0 Å². The molecule has 3 rings (SSSR count). The van der Waals surface area contributed by atoms with Crippen molar-refractivity contribution in [1.29, 1.82) is 0 Å². The second kappa shape index (κ2) is 4.12. The Labute approximate surface area is 110 Å². The lowest BCUT2D eigenvalue weighted by Gasteiger charge is -2.04. The molecule has 0 saturated heterocycles. The molecule has 1 aliphatic carbocycles. The summed E-state index contributed by atoms with van der Waals surface area (Å²) in [6.07, 6.45) is 8.22. The van der Waals surface area contributed by atoms with Gasteiger partial charge in [0.15, 0.2) is 5.82 Å². The number of aryl methyl sites for hydroxylation is 1. The minimum atomic E-state index is 0.0950. The van der Waals surface area contributed by atoms with E-state index in [2.05, 4.69) is 28.4 Å². The van der Waals surface area contributed by atoms with Gasteiger partial charge in [0.05, 0.1) is 16.9 Å². The Balaban J connectivity index is 1.85. The number of thioether (sulfide) groups is 1. The summed E-state index contributed by atoms with van der Waals surface area (Å²) in [7, 11) is 1.91. The van der Waals surface area contributed by atoms with E-state index in [1.807, 2.05) is 31.2 Å². The molecule has 0 spiro atoms. The van der Waals surface area contributed by atoms with Gasteiger partial charge in [0, 0.05) is 18.8 Å². The van der Waals surface area contributed by atoms with Crippen LogP contribution in [-0.4, -0.2) is 26.2 Å². The fraction of sp³-hybridized carbons (Fsp3) is 0.583. The van der Waals surface area contributed by atoms with Gasteiger partial charge in [-0.15, -0.1) is 0 Å². The quantitative estimate of drug-likeness (QED) is 0.848. The van der Waals surface area contributed by atoms with Crippen LogP contribution in [-0.2, 0) is 11.8 Å². The molecule has 2 aromatic heterocycles. The van der Waals surface area contributed by atoms with E-state index in [4.69, 9.17) is 4.52 Å². The highest BCUT2D eigenvalue weighted by atomic mass is 32.2. The zero-order valence-electron chi connectivity index (χ0n) is 10.8. The summed E-state index contributed by atoms with van der Waals surface area (Å²) in [6, 6.07) is 0. The summed E-state index contributed by atoms with van der Waals surface area (Å²) in [6.45, 7) is 2.06. The van der Waals surface area contributed by atoms with Gasteiger partial charge in [0.2, 0.25) is 5.89 Å². The van der Waals surface area contributed by atoms with E-state index in [-0.39, 0.29) is 10.7 Å². The first kappa shape index (κ1) is 11.8. The van der Waals surface area contributed by atoms with Crippen LogP contribution in [0.1, 0.15) is 43.0 Å². The molecule has 1 fully saturated rings. The van der Waals surface area contributed by atoms with Crippen LogP contribution in [0.3, 0.4) is 0 Å². The lowest BCUT2D eigenvalue weighted by molar-refractivity contribution is 0.365. The van der Waals surface area contributed by atoms with Crippen LogP contribution in [0.2, 0.25) is 0 Å². The molecule has 1 atom stereocenters. The van der Waals surface area contributed by atoms with Crippen molar-refractivity contribution in [2.45, 2.75) is 30.4 Å². The molecular weight excluding hydrogens is 248 g/mol. The van der Waals surface area contributed by atoms with E-state index in [0.29, 0.717) is 5.89 Å². The smallest absolute Gasteiger partial charge is 0.234 e. The largest absolute Gasteiger partial charge is 0.339 e. The molecule has 0 amide bonds. The van der Waals surface area contributed by atoms with Crippen LogP contribution < -0.4 is 0 Å². The molecule has 0 aromatic carbocycles. The lowest BCUT2D eigenvalue weighted by atomic mass is 10.1. The van der Waals surface area contributed by atoms with Crippen molar-refractivity contribution in [2.75, 3.05) is 6.26 Å². The molecule has 0 aliphatic heterocycles. The van der Waals surface area contributed by atoms with Crippen molar-refractivity contribution < 1.29 is 4.52 Å². The van der Waals surface area contributed by atoms with Crippen LogP contribution in [0, 0.1) is 0 Å². The van der Waals surface area contributed by atoms with E-state index >= 15 is 0 Å². The second-order valence-electron chi connectivity index (χ2n) is 4.82. The average molecular weight is 264 g/mol. The first-order valence-corrected chi connectivity index (χ1v) is 7.25. The van der Waals surface area contributed by atoms with Gasteiger partial charge in [-0.25, -0.2) is 0 Å².